The van der Waals surface area contributed by atoms with Crippen LogP contribution < -0.4 is 10.6 Å². The minimum absolute atomic E-state index is 0.0713. The van der Waals surface area contributed by atoms with Crippen LogP contribution in [0.5, 0.6) is 0 Å². The van der Waals surface area contributed by atoms with Crippen molar-refractivity contribution in [2.75, 3.05) is 7.05 Å². The van der Waals surface area contributed by atoms with E-state index in [1.807, 2.05) is 45.9 Å². The van der Waals surface area contributed by atoms with Crippen LogP contribution in [0.25, 0.3) is 0 Å². The molecule has 0 aliphatic carbocycles. The first kappa shape index (κ1) is 24.5. The van der Waals surface area contributed by atoms with E-state index >= 15 is 0 Å². The molecule has 2 atom stereocenters. The van der Waals surface area contributed by atoms with Crippen LogP contribution in [-0.2, 0) is 14.3 Å². The lowest BCUT2D eigenvalue weighted by atomic mass is 9.99. The molecule has 0 fully saturated rings. The van der Waals surface area contributed by atoms with Gasteiger partial charge in [0.2, 0.25) is 11.8 Å². The average Bonchev–Trinajstić information content (AvgIpc) is 2.57. The molecule has 0 aliphatic rings. The number of benzene rings is 1. The fourth-order valence-electron chi connectivity index (χ4n) is 2.84. The third kappa shape index (κ3) is 7.75. The Morgan fingerprint density at radius 1 is 0.966 bits per heavy atom. The second-order valence-electron chi connectivity index (χ2n) is 8.79. The molecule has 0 saturated heterocycles. The highest BCUT2D eigenvalue weighted by atomic mass is 16.6. The van der Waals surface area contributed by atoms with E-state index in [4.69, 9.17) is 4.74 Å². The minimum Gasteiger partial charge on any atom is -0.444 e. The van der Waals surface area contributed by atoms with Crippen molar-refractivity contribution in [2.45, 2.75) is 72.2 Å². The molecule has 0 radical (unpaired) electrons. The zero-order chi connectivity index (χ0) is 22.4. The molecule has 0 saturated carbocycles. The predicted molar refractivity (Wildman–Crippen MR) is 113 cm³/mol. The van der Waals surface area contributed by atoms with Crippen molar-refractivity contribution in [1.29, 1.82) is 0 Å². The summed E-state index contributed by atoms with van der Waals surface area (Å²) in [7, 11) is 1.58. The molecule has 2 unspecified atom stereocenters. The van der Waals surface area contributed by atoms with E-state index in [2.05, 4.69) is 10.6 Å². The summed E-state index contributed by atoms with van der Waals surface area (Å²) in [6.07, 6.45) is -0.666. The normalized spacial score (nSPS) is 13.6. The average molecular weight is 406 g/mol. The molecule has 1 rings (SSSR count). The van der Waals surface area contributed by atoms with Crippen molar-refractivity contribution >= 4 is 17.9 Å². The Morgan fingerprint density at radius 3 is 1.97 bits per heavy atom. The summed E-state index contributed by atoms with van der Waals surface area (Å²) in [6.45, 7) is 12.7. The monoisotopic (exact) mass is 405 g/mol. The van der Waals surface area contributed by atoms with Crippen LogP contribution in [-0.4, -0.2) is 47.5 Å². The number of rotatable bonds is 7. The van der Waals surface area contributed by atoms with Crippen LogP contribution in [0.4, 0.5) is 4.79 Å². The van der Waals surface area contributed by atoms with E-state index in [9.17, 15) is 14.4 Å². The molecule has 7 nitrogen and oxygen atoms in total. The van der Waals surface area contributed by atoms with E-state index in [1.54, 1.807) is 40.0 Å². The molecule has 7 heteroatoms. The number of carbonyl (C=O) groups is 3. The maximum atomic E-state index is 13.3. The highest BCUT2D eigenvalue weighted by Crippen LogP contribution is 2.22. The van der Waals surface area contributed by atoms with Gasteiger partial charge in [-0.2, -0.15) is 0 Å². The fraction of sp³-hybridized carbons (Fsp3) is 0.591. The van der Waals surface area contributed by atoms with Crippen LogP contribution in [0.1, 0.15) is 60.1 Å². The predicted octanol–water partition coefficient (Wildman–Crippen LogP) is 3.26. The van der Waals surface area contributed by atoms with Gasteiger partial charge in [0.15, 0.2) is 0 Å². The summed E-state index contributed by atoms with van der Waals surface area (Å²) in [5.41, 5.74) is 0.0193. The molecular formula is C22H35N3O4. The van der Waals surface area contributed by atoms with Gasteiger partial charge in [0.1, 0.15) is 17.7 Å². The van der Waals surface area contributed by atoms with Gasteiger partial charge in [-0.05, 0) is 46.1 Å². The zero-order valence-corrected chi connectivity index (χ0v) is 18.8. The third-order valence-corrected chi connectivity index (χ3v) is 4.13. The molecule has 0 aromatic heterocycles. The van der Waals surface area contributed by atoms with Crippen molar-refractivity contribution in [3.8, 4) is 0 Å². The van der Waals surface area contributed by atoms with Gasteiger partial charge in [0.05, 0.1) is 0 Å². The van der Waals surface area contributed by atoms with Gasteiger partial charge in [0.25, 0.3) is 0 Å². The van der Waals surface area contributed by atoms with Crippen LogP contribution in [0.15, 0.2) is 30.3 Å². The number of amides is 3. The number of nitrogens with zero attached hydrogens (tertiary/aromatic N) is 1. The van der Waals surface area contributed by atoms with Crippen molar-refractivity contribution < 1.29 is 19.1 Å². The smallest absolute Gasteiger partial charge is 0.408 e. The molecule has 162 valence electrons. The number of alkyl carbamates (subject to hydrolysis) is 1. The number of carbonyl (C=O) groups excluding carboxylic acids is 3. The molecule has 3 amide bonds. The van der Waals surface area contributed by atoms with Gasteiger partial charge in [-0.25, -0.2) is 4.79 Å². The van der Waals surface area contributed by atoms with Gasteiger partial charge >= 0.3 is 6.09 Å². The van der Waals surface area contributed by atoms with Crippen LogP contribution in [0.3, 0.4) is 0 Å². The number of likely N-dealkylation sites (N-methyl/N-ethyl adjacent to an activating group) is 1. The molecular weight excluding hydrogens is 370 g/mol. The lowest BCUT2D eigenvalue weighted by Crippen LogP contribution is -2.54. The SMILES string of the molecule is CC(C)NC(=O)C(c1ccccc1)N(C)C(=O)C(NC(=O)OC(C)(C)C)C(C)C. The van der Waals surface area contributed by atoms with E-state index in [0.29, 0.717) is 5.56 Å². The first-order valence-electron chi connectivity index (χ1n) is 9.95. The summed E-state index contributed by atoms with van der Waals surface area (Å²) in [6, 6.07) is 7.40. The van der Waals surface area contributed by atoms with Gasteiger partial charge in [-0.1, -0.05) is 44.2 Å². The quantitative estimate of drug-likeness (QED) is 0.729. The molecule has 2 N–H and O–H groups in total. The maximum Gasteiger partial charge on any atom is 0.408 e. The van der Waals surface area contributed by atoms with Gasteiger partial charge in [-0.3, -0.25) is 9.59 Å². The third-order valence-electron chi connectivity index (χ3n) is 4.13. The van der Waals surface area contributed by atoms with E-state index in [0.717, 1.165) is 0 Å². The lowest BCUT2D eigenvalue weighted by molar-refractivity contribution is -0.141. The number of hydrogen-bond acceptors (Lipinski definition) is 4. The summed E-state index contributed by atoms with van der Waals surface area (Å²) in [4.78, 5) is 39.8. The first-order chi connectivity index (χ1) is 13.3. The standard InChI is InChI=1S/C22H35N3O4/c1-14(2)17(24-21(28)29-22(5,6)7)20(27)25(8)18(19(26)23-15(3)4)16-12-10-9-11-13-16/h9-15,17-18H,1-8H3,(H,23,26)(H,24,28). The van der Waals surface area contributed by atoms with Crippen molar-refractivity contribution in [2.24, 2.45) is 5.92 Å². The second kappa shape index (κ2) is 10.3. The Kier molecular flexibility index (Phi) is 8.67. The summed E-state index contributed by atoms with van der Waals surface area (Å²) in [5, 5.41) is 5.53. The number of nitrogens with one attached hydrogen (secondary N) is 2. The van der Waals surface area contributed by atoms with Crippen molar-refractivity contribution in [3.63, 3.8) is 0 Å². The Bertz CT molecular complexity index is 696. The zero-order valence-electron chi connectivity index (χ0n) is 18.8. The Morgan fingerprint density at radius 2 is 1.52 bits per heavy atom. The topological polar surface area (TPSA) is 87.7 Å². The largest absolute Gasteiger partial charge is 0.444 e. The maximum absolute atomic E-state index is 13.3. The fourth-order valence-corrected chi connectivity index (χ4v) is 2.84. The molecule has 0 spiro atoms. The van der Waals surface area contributed by atoms with Gasteiger partial charge < -0.3 is 20.3 Å². The van der Waals surface area contributed by atoms with Crippen molar-refractivity contribution in [3.05, 3.63) is 35.9 Å². The van der Waals surface area contributed by atoms with Crippen LogP contribution in [0.2, 0.25) is 0 Å². The number of ether oxygens (including phenoxy) is 1. The van der Waals surface area contributed by atoms with Crippen molar-refractivity contribution in [1.82, 2.24) is 15.5 Å². The second-order valence-corrected chi connectivity index (χ2v) is 8.79. The van der Waals surface area contributed by atoms with Crippen LogP contribution in [0, 0.1) is 5.92 Å². The molecule has 0 heterocycles. The van der Waals surface area contributed by atoms with Gasteiger partial charge in [0, 0.05) is 13.1 Å². The molecule has 29 heavy (non-hydrogen) atoms. The molecule has 0 bridgehead atoms. The van der Waals surface area contributed by atoms with Gasteiger partial charge in [-0.15, -0.1) is 0 Å². The van der Waals surface area contributed by atoms with E-state index < -0.39 is 23.8 Å². The Balaban J connectivity index is 3.14. The van der Waals surface area contributed by atoms with Crippen LogP contribution >= 0.6 is 0 Å². The minimum atomic E-state index is -0.826. The molecule has 1 aromatic rings. The highest BCUT2D eigenvalue weighted by molar-refractivity contribution is 5.92. The molecule has 1 aromatic carbocycles. The Labute approximate surface area is 174 Å². The summed E-state index contributed by atoms with van der Waals surface area (Å²) >= 11 is 0. The highest BCUT2D eigenvalue weighted by Gasteiger charge is 2.35. The van der Waals surface area contributed by atoms with E-state index in [1.165, 1.54) is 4.90 Å². The summed E-state index contributed by atoms with van der Waals surface area (Å²) in [5.74, 6) is -0.831. The lowest BCUT2D eigenvalue weighted by Gasteiger charge is -2.33. The summed E-state index contributed by atoms with van der Waals surface area (Å²) < 4.78 is 5.29. The molecule has 0 aliphatic heterocycles. The Hall–Kier alpha value is -2.57. The number of hydrogen-bond donors (Lipinski definition) is 2. The van der Waals surface area contributed by atoms with E-state index in [-0.39, 0.29) is 23.8 Å². The first-order valence-corrected chi connectivity index (χ1v) is 9.95.